The zero-order chi connectivity index (χ0) is 25.2. The van der Waals surface area contributed by atoms with Gasteiger partial charge in [-0.25, -0.2) is 12.8 Å². The van der Waals surface area contributed by atoms with E-state index >= 15 is 0 Å². The van der Waals surface area contributed by atoms with Crippen LogP contribution in [-0.4, -0.2) is 43.2 Å². The predicted molar refractivity (Wildman–Crippen MR) is 129 cm³/mol. The van der Waals surface area contributed by atoms with Gasteiger partial charge in [-0.2, -0.15) is 0 Å². The SMILES string of the molecule is Cc1ccc(S(=O)(=O)Nc2cccc(C(=O)N3CCC(C(=O)c4ccc(O)cc4)CC3)c2)cc1F. The molecule has 3 aromatic carbocycles. The summed E-state index contributed by atoms with van der Waals surface area (Å²) in [6, 6.07) is 15.9. The monoisotopic (exact) mass is 496 g/mol. The molecule has 0 radical (unpaired) electrons. The summed E-state index contributed by atoms with van der Waals surface area (Å²) >= 11 is 0. The Morgan fingerprint density at radius 2 is 1.66 bits per heavy atom. The number of phenols is 1. The van der Waals surface area contributed by atoms with Crippen LogP contribution in [0.25, 0.3) is 0 Å². The fraction of sp³-hybridized carbons (Fsp3) is 0.231. The highest BCUT2D eigenvalue weighted by Crippen LogP contribution is 2.25. The molecule has 0 spiro atoms. The van der Waals surface area contributed by atoms with Gasteiger partial charge in [-0.1, -0.05) is 12.1 Å². The van der Waals surface area contributed by atoms with Crippen LogP contribution < -0.4 is 4.72 Å². The van der Waals surface area contributed by atoms with E-state index in [-0.39, 0.29) is 33.9 Å². The molecule has 1 saturated heterocycles. The van der Waals surface area contributed by atoms with Crippen molar-refractivity contribution in [2.75, 3.05) is 17.8 Å². The Hall–Kier alpha value is -3.72. The molecule has 0 bridgehead atoms. The quantitative estimate of drug-likeness (QED) is 0.493. The number of piperidine rings is 1. The molecule has 0 aliphatic carbocycles. The maximum Gasteiger partial charge on any atom is 0.261 e. The average molecular weight is 497 g/mol. The minimum Gasteiger partial charge on any atom is -0.508 e. The molecule has 182 valence electrons. The average Bonchev–Trinajstić information content (AvgIpc) is 2.85. The highest BCUT2D eigenvalue weighted by molar-refractivity contribution is 7.92. The third-order valence-corrected chi connectivity index (χ3v) is 7.50. The molecule has 0 unspecified atom stereocenters. The largest absolute Gasteiger partial charge is 0.508 e. The molecular weight excluding hydrogens is 471 g/mol. The summed E-state index contributed by atoms with van der Waals surface area (Å²) < 4.78 is 41.6. The number of Topliss-reactive ketones (excluding diaryl/α,β-unsaturated/α-hetero) is 1. The van der Waals surface area contributed by atoms with Gasteiger partial charge in [0.05, 0.1) is 4.90 Å². The highest BCUT2D eigenvalue weighted by atomic mass is 32.2. The first-order valence-electron chi connectivity index (χ1n) is 11.2. The number of hydrogen-bond acceptors (Lipinski definition) is 5. The molecule has 1 heterocycles. The lowest BCUT2D eigenvalue weighted by molar-refractivity contribution is 0.0650. The molecule has 1 fully saturated rings. The van der Waals surface area contributed by atoms with E-state index in [1.807, 2.05) is 0 Å². The van der Waals surface area contributed by atoms with E-state index in [0.717, 1.165) is 6.07 Å². The second kappa shape index (κ2) is 9.87. The van der Waals surface area contributed by atoms with E-state index in [4.69, 9.17) is 0 Å². The standard InChI is InChI=1S/C26H25FN2O5S/c1-17-5-10-23(16-24(17)27)35(33,34)28-21-4-2-3-20(15-21)26(32)29-13-11-19(12-14-29)25(31)18-6-8-22(30)9-7-18/h2-10,15-16,19,28,30H,11-14H2,1H3. The van der Waals surface area contributed by atoms with E-state index in [9.17, 15) is 27.5 Å². The lowest BCUT2D eigenvalue weighted by Crippen LogP contribution is -2.40. The number of benzene rings is 3. The minimum absolute atomic E-state index is 0.0129. The molecular formula is C26H25FN2O5S. The molecule has 1 aliphatic rings. The first-order chi connectivity index (χ1) is 16.6. The number of nitrogens with one attached hydrogen (secondary N) is 1. The number of nitrogens with zero attached hydrogens (tertiary/aromatic N) is 1. The third-order valence-electron chi connectivity index (χ3n) is 6.12. The minimum atomic E-state index is -4.03. The van der Waals surface area contributed by atoms with Crippen LogP contribution in [0.15, 0.2) is 71.6 Å². The van der Waals surface area contributed by atoms with Crippen LogP contribution in [0.1, 0.15) is 39.1 Å². The smallest absolute Gasteiger partial charge is 0.261 e. The first kappa shape index (κ1) is 24.4. The van der Waals surface area contributed by atoms with Gasteiger partial charge in [0.25, 0.3) is 15.9 Å². The van der Waals surface area contributed by atoms with Crippen molar-refractivity contribution >= 4 is 27.4 Å². The Bertz CT molecular complexity index is 1360. The van der Waals surface area contributed by atoms with Crippen LogP contribution in [-0.2, 0) is 10.0 Å². The second-order valence-corrected chi connectivity index (χ2v) is 10.3. The van der Waals surface area contributed by atoms with Crippen LogP contribution in [0.4, 0.5) is 10.1 Å². The molecule has 35 heavy (non-hydrogen) atoms. The number of aromatic hydroxyl groups is 1. The maximum absolute atomic E-state index is 13.8. The van der Waals surface area contributed by atoms with Gasteiger partial charge in [-0.3, -0.25) is 14.3 Å². The van der Waals surface area contributed by atoms with Crippen molar-refractivity contribution in [3.63, 3.8) is 0 Å². The van der Waals surface area contributed by atoms with E-state index in [0.29, 0.717) is 42.6 Å². The van der Waals surface area contributed by atoms with Gasteiger partial charge < -0.3 is 10.0 Å². The zero-order valence-corrected chi connectivity index (χ0v) is 19.9. The fourth-order valence-corrected chi connectivity index (χ4v) is 5.12. The number of anilines is 1. The van der Waals surface area contributed by atoms with Crippen molar-refractivity contribution < 1.29 is 27.5 Å². The molecule has 2 N–H and O–H groups in total. The van der Waals surface area contributed by atoms with E-state index in [1.165, 1.54) is 36.4 Å². The van der Waals surface area contributed by atoms with Crippen LogP contribution in [0, 0.1) is 18.7 Å². The maximum atomic E-state index is 13.8. The van der Waals surface area contributed by atoms with Gasteiger partial charge in [0.15, 0.2) is 5.78 Å². The van der Waals surface area contributed by atoms with Gasteiger partial charge in [0.2, 0.25) is 0 Å². The number of phenolic OH excluding ortho intramolecular Hbond substituents is 1. The van der Waals surface area contributed by atoms with Gasteiger partial charge in [-0.05, 0) is 79.9 Å². The van der Waals surface area contributed by atoms with Crippen molar-refractivity contribution in [3.05, 3.63) is 89.2 Å². The molecule has 1 aliphatic heterocycles. The topological polar surface area (TPSA) is 104 Å². The van der Waals surface area contributed by atoms with Gasteiger partial charge in [-0.15, -0.1) is 0 Å². The molecule has 7 nitrogen and oxygen atoms in total. The lowest BCUT2D eigenvalue weighted by Gasteiger charge is -2.31. The number of rotatable bonds is 6. The highest BCUT2D eigenvalue weighted by Gasteiger charge is 2.28. The normalized spacial score (nSPS) is 14.5. The molecule has 9 heteroatoms. The van der Waals surface area contributed by atoms with Gasteiger partial charge in [0, 0.05) is 35.8 Å². The Balaban J connectivity index is 1.41. The number of ketones is 1. The van der Waals surface area contributed by atoms with Crippen molar-refractivity contribution in [1.82, 2.24) is 4.90 Å². The van der Waals surface area contributed by atoms with E-state index < -0.39 is 15.8 Å². The second-order valence-electron chi connectivity index (χ2n) is 8.57. The van der Waals surface area contributed by atoms with Crippen molar-refractivity contribution in [3.8, 4) is 5.75 Å². The van der Waals surface area contributed by atoms with Crippen molar-refractivity contribution in [2.24, 2.45) is 5.92 Å². The summed E-state index contributed by atoms with van der Waals surface area (Å²) in [5, 5.41) is 9.41. The number of amides is 1. The molecule has 0 aromatic heterocycles. The fourth-order valence-electron chi connectivity index (χ4n) is 4.06. The number of sulfonamides is 1. The number of carbonyl (C=O) groups is 2. The molecule has 0 atom stereocenters. The molecule has 3 aromatic rings. The Labute approximate surface area is 203 Å². The Morgan fingerprint density at radius 1 is 0.971 bits per heavy atom. The van der Waals surface area contributed by atoms with Crippen molar-refractivity contribution in [2.45, 2.75) is 24.7 Å². The zero-order valence-electron chi connectivity index (χ0n) is 19.1. The van der Waals surface area contributed by atoms with Crippen molar-refractivity contribution in [1.29, 1.82) is 0 Å². The van der Waals surface area contributed by atoms with E-state index in [2.05, 4.69) is 4.72 Å². The van der Waals surface area contributed by atoms with Gasteiger partial charge >= 0.3 is 0 Å². The predicted octanol–water partition coefficient (Wildman–Crippen LogP) is 4.38. The molecule has 1 amide bonds. The first-order valence-corrected chi connectivity index (χ1v) is 12.6. The lowest BCUT2D eigenvalue weighted by atomic mass is 9.88. The third kappa shape index (κ3) is 5.51. The number of aryl methyl sites for hydroxylation is 1. The van der Waals surface area contributed by atoms with E-state index in [1.54, 1.807) is 36.1 Å². The van der Waals surface area contributed by atoms with Gasteiger partial charge in [0.1, 0.15) is 11.6 Å². The molecule has 4 rings (SSSR count). The summed E-state index contributed by atoms with van der Waals surface area (Å²) in [6.45, 7) is 2.33. The summed E-state index contributed by atoms with van der Waals surface area (Å²) in [4.78, 5) is 27.2. The number of hydrogen-bond donors (Lipinski definition) is 2. The van der Waals surface area contributed by atoms with Crippen LogP contribution >= 0.6 is 0 Å². The van der Waals surface area contributed by atoms with Crippen LogP contribution in [0.3, 0.4) is 0 Å². The van der Waals surface area contributed by atoms with Crippen LogP contribution in [0.5, 0.6) is 5.75 Å². The Morgan fingerprint density at radius 3 is 2.31 bits per heavy atom. The molecule has 0 saturated carbocycles. The Kier molecular flexibility index (Phi) is 6.88. The number of halogens is 1. The number of carbonyl (C=O) groups excluding carboxylic acids is 2. The van der Waals surface area contributed by atoms with Crippen LogP contribution in [0.2, 0.25) is 0 Å². The summed E-state index contributed by atoms with van der Waals surface area (Å²) in [7, 11) is -4.03. The number of likely N-dealkylation sites (tertiary alicyclic amines) is 1. The summed E-state index contributed by atoms with van der Waals surface area (Å²) in [6.07, 6.45) is 1.02. The summed E-state index contributed by atoms with van der Waals surface area (Å²) in [5.74, 6) is -1.01. The summed E-state index contributed by atoms with van der Waals surface area (Å²) in [5.41, 5.74) is 1.36.